The van der Waals surface area contributed by atoms with Crippen LogP contribution >= 0.6 is 0 Å². The summed E-state index contributed by atoms with van der Waals surface area (Å²) in [5.41, 5.74) is 5.50. The van der Waals surface area contributed by atoms with Crippen LogP contribution in [0.4, 0.5) is 5.69 Å². The van der Waals surface area contributed by atoms with Crippen LogP contribution in [-0.4, -0.2) is 40.3 Å². The van der Waals surface area contributed by atoms with Gasteiger partial charge in [0, 0.05) is 60.9 Å². The molecule has 1 fully saturated rings. The average molecular weight is 383 g/mol. The van der Waals surface area contributed by atoms with Gasteiger partial charge in [0.1, 0.15) is 0 Å². The van der Waals surface area contributed by atoms with Gasteiger partial charge in [-0.3, -0.25) is 14.5 Å². The van der Waals surface area contributed by atoms with Crippen molar-refractivity contribution in [2.24, 2.45) is 7.05 Å². The van der Waals surface area contributed by atoms with E-state index in [9.17, 15) is 4.79 Å². The standard InChI is InChI=1S/C23H21N5O/c1-27-14-19(12-26-27)16-2-4-17(5-3-16)22-13-24-11-18-6-7-20(10-21(18)22)28-9-8-25-23(29)15-28/h2-7,10-14H,8-9,15H2,1H3,(H,25,29). The first-order valence-electron chi connectivity index (χ1n) is 9.66. The lowest BCUT2D eigenvalue weighted by molar-refractivity contribution is -0.120. The molecule has 2 aromatic carbocycles. The van der Waals surface area contributed by atoms with Crippen LogP contribution < -0.4 is 10.2 Å². The van der Waals surface area contributed by atoms with Gasteiger partial charge in [0.25, 0.3) is 0 Å². The minimum atomic E-state index is 0.0669. The van der Waals surface area contributed by atoms with Gasteiger partial charge in [-0.05, 0) is 28.6 Å². The molecular formula is C23H21N5O. The van der Waals surface area contributed by atoms with Crippen LogP contribution in [0.5, 0.6) is 0 Å². The quantitative estimate of drug-likeness (QED) is 0.590. The van der Waals surface area contributed by atoms with Gasteiger partial charge in [-0.2, -0.15) is 5.10 Å². The van der Waals surface area contributed by atoms with E-state index in [2.05, 4.69) is 62.8 Å². The van der Waals surface area contributed by atoms with Crippen molar-refractivity contribution in [1.82, 2.24) is 20.1 Å². The van der Waals surface area contributed by atoms with Crippen molar-refractivity contribution in [3.8, 4) is 22.3 Å². The maximum absolute atomic E-state index is 11.8. The van der Waals surface area contributed by atoms with Crippen molar-refractivity contribution >= 4 is 22.4 Å². The number of anilines is 1. The van der Waals surface area contributed by atoms with Crippen LogP contribution in [-0.2, 0) is 11.8 Å². The van der Waals surface area contributed by atoms with Crippen LogP contribution in [0.1, 0.15) is 0 Å². The van der Waals surface area contributed by atoms with Crippen LogP contribution in [0.15, 0.2) is 67.3 Å². The van der Waals surface area contributed by atoms with Crippen molar-refractivity contribution in [3.05, 3.63) is 67.3 Å². The lowest BCUT2D eigenvalue weighted by atomic mass is 9.98. The van der Waals surface area contributed by atoms with E-state index in [-0.39, 0.29) is 5.91 Å². The molecule has 0 unspecified atom stereocenters. The maximum Gasteiger partial charge on any atom is 0.239 e. The van der Waals surface area contributed by atoms with E-state index >= 15 is 0 Å². The highest BCUT2D eigenvalue weighted by molar-refractivity contribution is 5.98. The predicted octanol–water partition coefficient (Wildman–Crippen LogP) is 3.24. The number of hydrogen-bond acceptors (Lipinski definition) is 4. The molecular weight excluding hydrogens is 362 g/mol. The molecule has 3 heterocycles. The van der Waals surface area contributed by atoms with E-state index in [1.54, 1.807) is 4.68 Å². The predicted molar refractivity (Wildman–Crippen MR) is 115 cm³/mol. The zero-order valence-electron chi connectivity index (χ0n) is 16.2. The molecule has 0 aliphatic carbocycles. The summed E-state index contributed by atoms with van der Waals surface area (Å²) in [6.07, 6.45) is 7.68. The van der Waals surface area contributed by atoms with E-state index in [1.807, 2.05) is 31.8 Å². The molecule has 5 rings (SSSR count). The third-order valence-electron chi connectivity index (χ3n) is 5.38. The van der Waals surface area contributed by atoms with Gasteiger partial charge in [-0.15, -0.1) is 0 Å². The zero-order valence-corrected chi connectivity index (χ0v) is 16.2. The Morgan fingerprint density at radius 2 is 1.79 bits per heavy atom. The van der Waals surface area contributed by atoms with Gasteiger partial charge in [-0.25, -0.2) is 0 Å². The largest absolute Gasteiger partial charge is 0.360 e. The molecule has 4 aromatic rings. The van der Waals surface area contributed by atoms with Crippen LogP contribution in [0, 0.1) is 0 Å². The van der Waals surface area contributed by atoms with Gasteiger partial charge in [0.05, 0.1) is 12.7 Å². The Bertz CT molecular complexity index is 1200. The van der Waals surface area contributed by atoms with Crippen molar-refractivity contribution in [1.29, 1.82) is 0 Å². The molecule has 6 nitrogen and oxygen atoms in total. The highest BCUT2D eigenvalue weighted by Crippen LogP contribution is 2.32. The number of aryl methyl sites for hydroxylation is 1. The van der Waals surface area contributed by atoms with E-state index in [1.165, 1.54) is 0 Å². The number of nitrogens with zero attached hydrogens (tertiary/aromatic N) is 4. The number of benzene rings is 2. The second-order valence-corrected chi connectivity index (χ2v) is 7.34. The van der Waals surface area contributed by atoms with Gasteiger partial charge < -0.3 is 10.2 Å². The molecule has 1 N–H and O–H groups in total. The highest BCUT2D eigenvalue weighted by atomic mass is 16.2. The van der Waals surface area contributed by atoms with E-state index in [4.69, 9.17) is 0 Å². The molecule has 0 spiro atoms. The summed E-state index contributed by atoms with van der Waals surface area (Å²) in [5.74, 6) is 0.0669. The molecule has 144 valence electrons. The Morgan fingerprint density at radius 3 is 2.55 bits per heavy atom. The number of hydrogen-bond donors (Lipinski definition) is 1. The smallest absolute Gasteiger partial charge is 0.239 e. The van der Waals surface area contributed by atoms with Gasteiger partial charge in [0.2, 0.25) is 5.91 Å². The number of carbonyl (C=O) groups is 1. The zero-order chi connectivity index (χ0) is 19.8. The summed E-state index contributed by atoms with van der Waals surface area (Å²) in [6, 6.07) is 14.8. The summed E-state index contributed by atoms with van der Waals surface area (Å²) >= 11 is 0. The lowest BCUT2D eigenvalue weighted by Gasteiger charge is -2.29. The summed E-state index contributed by atoms with van der Waals surface area (Å²) in [7, 11) is 1.92. The lowest BCUT2D eigenvalue weighted by Crippen LogP contribution is -2.47. The second kappa shape index (κ2) is 7.05. The van der Waals surface area contributed by atoms with Crippen LogP contribution in [0.3, 0.4) is 0 Å². The fourth-order valence-corrected chi connectivity index (χ4v) is 3.85. The molecule has 1 saturated heterocycles. The molecule has 6 heteroatoms. The third kappa shape index (κ3) is 3.33. The summed E-state index contributed by atoms with van der Waals surface area (Å²) in [6.45, 7) is 1.89. The van der Waals surface area contributed by atoms with Crippen molar-refractivity contribution in [3.63, 3.8) is 0 Å². The number of carbonyl (C=O) groups excluding carboxylic acids is 1. The molecule has 1 amide bonds. The molecule has 0 atom stereocenters. The van der Waals surface area contributed by atoms with Gasteiger partial charge >= 0.3 is 0 Å². The Balaban J connectivity index is 1.54. The summed E-state index contributed by atoms with van der Waals surface area (Å²) in [5, 5.41) is 9.35. The maximum atomic E-state index is 11.8. The van der Waals surface area contributed by atoms with Crippen LogP contribution in [0.25, 0.3) is 33.0 Å². The van der Waals surface area contributed by atoms with Crippen molar-refractivity contribution in [2.45, 2.75) is 0 Å². The first kappa shape index (κ1) is 17.4. The number of pyridine rings is 1. The van der Waals surface area contributed by atoms with E-state index in [0.717, 1.165) is 45.3 Å². The third-order valence-corrected chi connectivity index (χ3v) is 5.38. The van der Waals surface area contributed by atoms with Gasteiger partial charge in [-0.1, -0.05) is 30.3 Å². The number of piperazine rings is 1. The average Bonchev–Trinajstić information content (AvgIpc) is 3.19. The first-order valence-corrected chi connectivity index (χ1v) is 9.66. The molecule has 0 radical (unpaired) electrons. The fourth-order valence-electron chi connectivity index (χ4n) is 3.85. The van der Waals surface area contributed by atoms with Crippen molar-refractivity contribution in [2.75, 3.05) is 24.5 Å². The molecule has 29 heavy (non-hydrogen) atoms. The SMILES string of the molecule is Cn1cc(-c2ccc(-c3cncc4ccc(N5CCNC(=O)C5)cc34)cc2)cn1. The molecule has 0 bridgehead atoms. The molecule has 1 aliphatic heterocycles. The normalized spacial score (nSPS) is 14.2. The Kier molecular flexibility index (Phi) is 4.24. The van der Waals surface area contributed by atoms with Crippen LogP contribution in [0.2, 0.25) is 0 Å². The van der Waals surface area contributed by atoms with Crippen molar-refractivity contribution < 1.29 is 4.79 Å². The number of aromatic nitrogens is 3. The van der Waals surface area contributed by atoms with E-state index < -0.39 is 0 Å². The second-order valence-electron chi connectivity index (χ2n) is 7.34. The highest BCUT2D eigenvalue weighted by Gasteiger charge is 2.17. The van der Waals surface area contributed by atoms with Gasteiger partial charge in [0.15, 0.2) is 0 Å². The Morgan fingerprint density at radius 1 is 0.966 bits per heavy atom. The molecule has 1 aliphatic rings. The number of fused-ring (bicyclic) bond motifs is 1. The summed E-state index contributed by atoms with van der Waals surface area (Å²) in [4.78, 5) is 18.3. The van der Waals surface area contributed by atoms with E-state index in [0.29, 0.717) is 13.1 Å². The monoisotopic (exact) mass is 383 g/mol. The minimum Gasteiger partial charge on any atom is -0.360 e. The topological polar surface area (TPSA) is 63.1 Å². The number of nitrogens with one attached hydrogen (secondary N) is 1. The molecule has 2 aromatic heterocycles. The number of rotatable bonds is 3. The Hall–Kier alpha value is -3.67. The first-order chi connectivity index (χ1) is 14.2. The minimum absolute atomic E-state index is 0.0669. The Labute approximate surface area is 168 Å². The number of amides is 1. The summed E-state index contributed by atoms with van der Waals surface area (Å²) < 4.78 is 1.81. The molecule has 0 saturated carbocycles. The fraction of sp³-hybridized carbons (Fsp3) is 0.174.